The van der Waals surface area contributed by atoms with Gasteiger partial charge in [-0.2, -0.15) is 0 Å². The van der Waals surface area contributed by atoms with Gasteiger partial charge in [0.25, 0.3) is 0 Å². The van der Waals surface area contributed by atoms with E-state index < -0.39 is 0 Å². The van der Waals surface area contributed by atoms with Gasteiger partial charge in [0.15, 0.2) is 5.01 Å². The molecule has 1 rings (SSSR count). The van der Waals surface area contributed by atoms with Crippen LogP contribution >= 0.6 is 11.3 Å². The summed E-state index contributed by atoms with van der Waals surface area (Å²) in [5.74, 6) is 0. The van der Waals surface area contributed by atoms with E-state index in [1.54, 1.807) is 5.51 Å². The van der Waals surface area contributed by atoms with Crippen molar-refractivity contribution in [1.29, 1.82) is 0 Å². The molecule has 1 aromatic heterocycles. The third kappa shape index (κ3) is 2.38. The molecule has 3 nitrogen and oxygen atoms in total. The molecule has 0 aliphatic carbocycles. The first-order valence-corrected chi connectivity index (χ1v) is 4.39. The monoisotopic (exact) mass is 169 g/mol. The zero-order valence-electron chi connectivity index (χ0n) is 6.90. The van der Waals surface area contributed by atoms with E-state index in [4.69, 9.17) is 0 Å². The van der Waals surface area contributed by atoms with Crippen LogP contribution < -0.4 is 0 Å². The summed E-state index contributed by atoms with van der Waals surface area (Å²) in [6, 6.07) is 0.332. The van der Waals surface area contributed by atoms with Gasteiger partial charge >= 0.3 is 0 Å². The molecule has 0 aromatic carbocycles. The molecule has 1 heterocycles. The van der Waals surface area contributed by atoms with Gasteiger partial charge in [-0.1, -0.05) is 11.3 Å². The summed E-state index contributed by atoms with van der Waals surface area (Å²) < 4.78 is 0. The Morgan fingerprint density at radius 3 is 2.82 bits per heavy atom. The fourth-order valence-electron chi connectivity index (χ4n) is 0.773. The molecule has 0 aliphatic heterocycles. The summed E-state index contributed by atoms with van der Waals surface area (Å²) in [6.45, 7) is 6.05. The first-order chi connectivity index (χ1) is 5.20. The summed E-state index contributed by atoms with van der Waals surface area (Å²) in [7, 11) is 0. The normalized spacial score (nSPS) is 12.5. The van der Waals surface area contributed by atoms with E-state index in [0.29, 0.717) is 6.04 Å². The lowest BCUT2D eigenvalue weighted by Crippen LogP contribution is -1.99. The number of rotatable bonds is 2. The second kappa shape index (κ2) is 3.57. The number of hydrogen-bond acceptors (Lipinski definition) is 4. The molecule has 0 saturated carbocycles. The fraction of sp³-hybridized carbons (Fsp3) is 0.571. The zero-order valence-corrected chi connectivity index (χ0v) is 7.72. The standard InChI is InChI=1S/C7H11N3S/c1-5(2)9-6(3)7-10-8-4-11-7/h4-5H,1-3H3/b9-6+. The Labute approximate surface area is 70.2 Å². The van der Waals surface area contributed by atoms with Crippen LogP contribution in [0.25, 0.3) is 0 Å². The van der Waals surface area contributed by atoms with Crippen LogP contribution in [0.5, 0.6) is 0 Å². The number of hydrogen-bond donors (Lipinski definition) is 0. The van der Waals surface area contributed by atoms with Crippen molar-refractivity contribution >= 4 is 17.0 Å². The Hall–Kier alpha value is -0.770. The molecule has 60 valence electrons. The van der Waals surface area contributed by atoms with Crippen molar-refractivity contribution in [2.75, 3.05) is 0 Å². The smallest absolute Gasteiger partial charge is 0.161 e. The van der Waals surface area contributed by atoms with Gasteiger partial charge in [-0.25, -0.2) is 0 Å². The summed E-state index contributed by atoms with van der Waals surface area (Å²) >= 11 is 1.52. The zero-order chi connectivity index (χ0) is 8.27. The molecule has 0 radical (unpaired) electrons. The molecule has 0 unspecified atom stereocenters. The van der Waals surface area contributed by atoms with Gasteiger partial charge in [0, 0.05) is 6.04 Å². The van der Waals surface area contributed by atoms with Crippen molar-refractivity contribution in [3.05, 3.63) is 10.5 Å². The average Bonchev–Trinajstić information content (AvgIpc) is 2.35. The van der Waals surface area contributed by atoms with Gasteiger partial charge in [0.05, 0.1) is 5.71 Å². The summed E-state index contributed by atoms with van der Waals surface area (Å²) in [6.07, 6.45) is 0. The van der Waals surface area contributed by atoms with Crippen molar-refractivity contribution in [2.45, 2.75) is 26.8 Å². The van der Waals surface area contributed by atoms with Gasteiger partial charge < -0.3 is 0 Å². The topological polar surface area (TPSA) is 38.1 Å². The van der Waals surface area contributed by atoms with Crippen molar-refractivity contribution < 1.29 is 0 Å². The molecular formula is C7H11N3S. The predicted octanol–water partition coefficient (Wildman–Crippen LogP) is 1.76. The SMILES string of the molecule is C/C(=N\C(C)C)c1nncs1. The third-order valence-electron chi connectivity index (χ3n) is 1.12. The number of nitrogens with zero attached hydrogens (tertiary/aromatic N) is 3. The highest BCUT2D eigenvalue weighted by molar-refractivity contribution is 7.11. The lowest BCUT2D eigenvalue weighted by atomic mass is 10.4. The van der Waals surface area contributed by atoms with Crippen molar-refractivity contribution in [1.82, 2.24) is 10.2 Å². The Bertz CT molecular complexity index is 238. The third-order valence-corrected chi connectivity index (χ3v) is 1.92. The average molecular weight is 169 g/mol. The molecule has 1 aromatic rings. The van der Waals surface area contributed by atoms with Crippen LogP contribution in [0.4, 0.5) is 0 Å². The molecule has 0 saturated heterocycles. The number of aromatic nitrogens is 2. The van der Waals surface area contributed by atoms with Gasteiger partial charge in [0.2, 0.25) is 0 Å². The highest BCUT2D eigenvalue weighted by atomic mass is 32.1. The van der Waals surface area contributed by atoms with Gasteiger partial charge in [-0.05, 0) is 20.8 Å². The van der Waals surface area contributed by atoms with Crippen LogP contribution in [0.2, 0.25) is 0 Å². The van der Waals surface area contributed by atoms with Crippen molar-refractivity contribution in [3.63, 3.8) is 0 Å². The summed E-state index contributed by atoms with van der Waals surface area (Å²) in [5, 5.41) is 8.56. The minimum atomic E-state index is 0.332. The van der Waals surface area contributed by atoms with Crippen molar-refractivity contribution in [3.8, 4) is 0 Å². The maximum atomic E-state index is 4.34. The van der Waals surface area contributed by atoms with E-state index >= 15 is 0 Å². The molecule has 0 spiro atoms. The van der Waals surface area contributed by atoms with Crippen LogP contribution in [-0.4, -0.2) is 22.0 Å². The molecular weight excluding hydrogens is 158 g/mol. The minimum absolute atomic E-state index is 0.332. The molecule has 0 amide bonds. The lowest BCUT2D eigenvalue weighted by Gasteiger charge is -1.97. The molecule has 4 heteroatoms. The highest BCUT2D eigenvalue weighted by Crippen LogP contribution is 2.04. The maximum Gasteiger partial charge on any atom is 0.161 e. The van der Waals surface area contributed by atoms with Gasteiger partial charge in [0.1, 0.15) is 5.51 Å². The lowest BCUT2D eigenvalue weighted by molar-refractivity contribution is 0.834. The molecule has 0 fully saturated rings. The maximum absolute atomic E-state index is 4.34. The first-order valence-electron chi connectivity index (χ1n) is 3.51. The van der Waals surface area contributed by atoms with E-state index in [-0.39, 0.29) is 0 Å². The quantitative estimate of drug-likeness (QED) is 0.633. The van der Waals surface area contributed by atoms with Crippen LogP contribution in [-0.2, 0) is 0 Å². The fourth-order valence-corrected chi connectivity index (χ4v) is 1.28. The largest absolute Gasteiger partial charge is 0.284 e. The Kier molecular flexibility index (Phi) is 2.70. The Morgan fingerprint density at radius 2 is 2.36 bits per heavy atom. The van der Waals surface area contributed by atoms with E-state index in [9.17, 15) is 0 Å². The minimum Gasteiger partial charge on any atom is -0.284 e. The van der Waals surface area contributed by atoms with Gasteiger partial charge in [-0.15, -0.1) is 10.2 Å². The van der Waals surface area contributed by atoms with E-state index in [1.807, 2.05) is 20.8 Å². The second-order valence-electron chi connectivity index (χ2n) is 2.55. The van der Waals surface area contributed by atoms with Gasteiger partial charge in [-0.3, -0.25) is 4.99 Å². The van der Waals surface area contributed by atoms with E-state index in [0.717, 1.165) is 10.7 Å². The Balaban J connectivity index is 2.77. The molecule has 0 bridgehead atoms. The van der Waals surface area contributed by atoms with Crippen LogP contribution in [0, 0.1) is 0 Å². The van der Waals surface area contributed by atoms with Crippen LogP contribution in [0.15, 0.2) is 10.5 Å². The van der Waals surface area contributed by atoms with E-state index in [1.165, 1.54) is 11.3 Å². The summed E-state index contributed by atoms with van der Waals surface area (Å²) in [5.41, 5.74) is 2.69. The molecule has 0 aliphatic rings. The highest BCUT2D eigenvalue weighted by Gasteiger charge is 2.00. The van der Waals surface area contributed by atoms with Crippen molar-refractivity contribution in [2.24, 2.45) is 4.99 Å². The molecule has 0 N–H and O–H groups in total. The van der Waals surface area contributed by atoms with Crippen LogP contribution in [0.3, 0.4) is 0 Å². The van der Waals surface area contributed by atoms with E-state index in [2.05, 4.69) is 15.2 Å². The summed E-state index contributed by atoms with van der Waals surface area (Å²) in [4.78, 5) is 4.34. The molecule has 11 heavy (non-hydrogen) atoms. The Morgan fingerprint density at radius 1 is 1.64 bits per heavy atom. The number of aliphatic imine (C=N–C) groups is 1. The second-order valence-corrected chi connectivity index (χ2v) is 3.39. The predicted molar refractivity (Wildman–Crippen MR) is 47.3 cm³/mol. The van der Waals surface area contributed by atoms with Crippen LogP contribution in [0.1, 0.15) is 25.8 Å². The molecule has 0 atom stereocenters. The first kappa shape index (κ1) is 8.33.